The predicted octanol–water partition coefficient (Wildman–Crippen LogP) is 1.95. The number of urea groups is 1. The quantitative estimate of drug-likeness (QED) is 0.800. The van der Waals surface area contributed by atoms with Gasteiger partial charge in [0.2, 0.25) is 0 Å². The number of benzene rings is 2. The molecule has 0 spiro atoms. The van der Waals surface area contributed by atoms with Crippen molar-refractivity contribution >= 4 is 29.5 Å². The molecule has 0 saturated carbocycles. The zero-order valence-corrected chi connectivity index (χ0v) is 13.6. The van der Waals surface area contributed by atoms with Gasteiger partial charge >= 0.3 is 12.0 Å². The van der Waals surface area contributed by atoms with Crippen LogP contribution >= 0.6 is 0 Å². The van der Waals surface area contributed by atoms with Gasteiger partial charge in [-0.25, -0.2) is 9.59 Å². The fraction of sp³-hybridized carbons (Fsp3) is 0.111. The van der Waals surface area contributed by atoms with Crippen LogP contribution in [-0.2, 0) is 9.63 Å². The van der Waals surface area contributed by atoms with E-state index in [4.69, 9.17) is 4.84 Å². The Kier molecular flexibility index (Phi) is 4.93. The maximum absolute atomic E-state index is 12.1. The SMILES string of the molecule is O=C(NCCC(=O)ON1C(=O)c2ccccc2C1=O)Nc1ccccc1. The van der Waals surface area contributed by atoms with E-state index in [2.05, 4.69) is 10.6 Å². The highest BCUT2D eigenvalue weighted by atomic mass is 16.7. The fourth-order valence-electron chi connectivity index (χ4n) is 2.37. The summed E-state index contributed by atoms with van der Waals surface area (Å²) in [6.45, 7) is -0.0132. The van der Waals surface area contributed by atoms with E-state index in [1.54, 1.807) is 36.4 Å². The number of para-hydroxylation sites is 1. The summed E-state index contributed by atoms with van der Waals surface area (Å²) >= 11 is 0. The van der Waals surface area contributed by atoms with Crippen molar-refractivity contribution in [2.24, 2.45) is 0 Å². The lowest BCUT2D eigenvalue weighted by molar-refractivity contribution is -0.168. The van der Waals surface area contributed by atoms with Crippen LogP contribution in [0.1, 0.15) is 27.1 Å². The number of fused-ring (bicyclic) bond motifs is 1. The highest BCUT2D eigenvalue weighted by Gasteiger charge is 2.38. The summed E-state index contributed by atoms with van der Waals surface area (Å²) in [6, 6.07) is 14.5. The minimum Gasteiger partial charge on any atom is -0.337 e. The first kappa shape index (κ1) is 17.2. The molecule has 1 aliphatic heterocycles. The van der Waals surface area contributed by atoms with Crippen LogP contribution in [0.25, 0.3) is 0 Å². The van der Waals surface area contributed by atoms with Crippen LogP contribution in [0.3, 0.4) is 0 Å². The lowest BCUT2D eigenvalue weighted by Gasteiger charge is -2.13. The molecule has 0 aromatic heterocycles. The molecule has 0 aliphatic carbocycles. The van der Waals surface area contributed by atoms with Gasteiger partial charge in [0, 0.05) is 12.2 Å². The topological polar surface area (TPSA) is 105 Å². The number of nitrogens with one attached hydrogen (secondary N) is 2. The molecular formula is C18H15N3O5. The average Bonchev–Trinajstić information content (AvgIpc) is 2.88. The molecule has 1 heterocycles. The van der Waals surface area contributed by atoms with Gasteiger partial charge in [0.1, 0.15) is 0 Å². The molecular weight excluding hydrogens is 338 g/mol. The van der Waals surface area contributed by atoms with Gasteiger partial charge in [0.25, 0.3) is 11.8 Å². The third-order valence-corrected chi connectivity index (χ3v) is 3.60. The van der Waals surface area contributed by atoms with E-state index in [0.717, 1.165) is 0 Å². The second-order valence-electron chi connectivity index (χ2n) is 5.41. The lowest BCUT2D eigenvalue weighted by Crippen LogP contribution is -2.35. The Balaban J connectivity index is 1.46. The van der Waals surface area contributed by atoms with Gasteiger partial charge in [0.05, 0.1) is 17.5 Å². The number of carbonyl (C=O) groups is 4. The van der Waals surface area contributed by atoms with E-state index in [9.17, 15) is 19.2 Å². The molecule has 0 fully saturated rings. The Morgan fingerprint density at radius 2 is 1.46 bits per heavy atom. The Morgan fingerprint density at radius 3 is 2.08 bits per heavy atom. The number of hydrogen-bond donors (Lipinski definition) is 2. The van der Waals surface area contributed by atoms with Crippen LogP contribution in [0.4, 0.5) is 10.5 Å². The number of imide groups is 1. The molecule has 4 amide bonds. The summed E-state index contributed by atoms with van der Waals surface area (Å²) in [5.41, 5.74) is 0.981. The molecule has 3 rings (SSSR count). The van der Waals surface area contributed by atoms with E-state index in [0.29, 0.717) is 10.8 Å². The van der Waals surface area contributed by atoms with Crippen LogP contribution in [0.15, 0.2) is 54.6 Å². The summed E-state index contributed by atoms with van der Waals surface area (Å²) in [5.74, 6) is -2.18. The molecule has 8 nitrogen and oxygen atoms in total. The van der Waals surface area contributed by atoms with E-state index >= 15 is 0 Å². The third-order valence-electron chi connectivity index (χ3n) is 3.60. The van der Waals surface area contributed by atoms with Crippen LogP contribution in [0, 0.1) is 0 Å². The van der Waals surface area contributed by atoms with E-state index in [1.165, 1.54) is 12.1 Å². The van der Waals surface area contributed by atoms with Gasteiger partial charge in [-0.15, -0.1) is 0 Å². The van der Waals surface area contributed by atoms with Crippen molar-refractivity contribution in [2.75, 3.05) is 11.9 Å². The maximum atomic E-state index is 12.1. The fourth-order valence-corrected chi connectivity index (χ4v) is 2.37. The number of rotatable bonds is 5. The number of nitrogens with zero attached hydrogens (tertiary/aromatic N) is 1. The smallest absolute Gasteiger partial charge is 0.335 e. The van der Waals surface area contributed by atoms with Gasteiger partial charge in [-0.1, -0.05) is 35.4 Å². The van der Waals surface area contributed by atoms with Crippen LogP contribution in [0.2, 0.25) is 0 Å². The van der Waals surface area contributed by atoms with Crippen LogP contribution in [-0.4, -0.2) is 35.4 Å². The van der Waals surface area contributed by atoms with Crippen LogP contribution < -0.4 is 10.6 Å². The van der Waals surface area contributed by atoms with Crippen molar-refractivity contribution in [3.63, 3.8) is 0 Å². The van der Waals surface area contributed by atoms with E-state index < -0.39 is 23.8 Å². The summed E-state index contributed by atoms with van der Waals surface area (Å²) in [5, 5.41) is 5.52. The van der Waals surface area contributed by atoms with Gasteiger partial charge in [-0.3, -0.25) is 9.59 Å². The van der Waals surface area contributed by atoms with E-state index in [1.807, 2.05) is 6.07 Å². The van der Waals surface area contributed by atoms with Crippen LogP contribution in [0.5, 0.6) is 0 Å². The summed E-state index contributed by atoms with van der Waals surface area (Å²) in [7, 11) is 0. The molecule has 2 aromatic rings. The molecule has 132 valence electrons. The molecule has 1 aliphatic rings. The van der Waals surface area contributed by atoms with Gasteiger partial charge in [-0.2, -0.15) is 0 Å². The number of carbonyl (C=O) groups excluding carboxylic acids is 4. The number of amides is 4. The maximum Gasteiger partial charge on any atom is 0.335 e. The third kappa shape index (κ3) is 3.69. The number of hydroxylamine groups is 2. The molecule has 0 unspecified atom stereocenters. The van der Waals surface area contributed by atoms with Crippen molar-refractivity contribution in [1.82, 2.24) is 10.4 Å². The molecule has 2 aromatic carbocycles. The molecule has 8 heteroatoms. The Hall–Kier alpha value is -3.68. The number of hydrogen-bond acceptors (Lipinski definition) is 5. The van der Waals surface area contributed by atoms with Gasteiger partial charge < -0.3 is 15.5 Å². The Morgan fingerprint density at radius 1 is 0.885 bits per heavy atom. The minimum atomic E-state index is -0.806. The van der Waals surface area contributed by atoms with Crippen molar-refractivity contribution in [3.8, 4) is 0 Å². The average molecular weight is 353 g/mol. The first-order valence-corrected chi connectivity index (χ1v) is 7.85. The van der Waals surface area contributed by atoms with Crippen molar-refractivity contribution < 1.29 is 24.0 Å². The summed E-state index contributed by atoms with van der Waals surface area (Å²) < 4.78 is 0. The molecule has 0 saturated heterocycles. The Labute approximate surface area is 148 Å². The molecule has 0 atom stereocenters. The van der Waals surface area contributed by atoms with Crippen molar-refractivity contribution in [1.29, 1.82) is 0 Å². The molecule has 0 bridgehead atoms. The molecule has 2 N–H and O–H groups in total. The monoisotopic (exact) mass is 353 g/mol. The molecule has 0 radical (unpaired) electrons. The van der Waals surface area contributed by atoms with E-state index in [-0.39, 0.29) is 24.1 Å². The van der Waals surface area contributed by atoms with Gasteiger partial charge in [0.15, 0.2) is 0 Å². The second kappa shape index (κ2) is 7.47. The van der Waals surface area contributed by atoms with Gasteiger partial charge in [-0.05, 0) is 24.3 Å². The first-order valence-electron chi connectivity index (χ1n) is 7.85. The second-order valence-corrected chi connectivity index (χ2v) is 5.41. The predicted molar refractivity (Wildman–Crippen MR) is 91.1 cm³/mol. The molecule has 26 heavy (non-hydrogen) atoms. The minimum absolute atomic E-state index is 0.0132. The lowest BCUT2D eigenvalue weighted by atomic mass is 10.1. The highest BCUT2D eigenvalue weighted by Crippen LogP contribution is 2.22. The Bertz CT molecular complexity index is 831. The van der Waals surface area contributed by atoms with Crippen molar-refractivity contribution in [2.45, 2.75) is 6.42 Å². The number of anilines is 1. The normalized spacial score (nSPS) is 12.5. The summed E-state index contributed by atoms with van der Waals surface area (Å²) in [4.78, 5) is 52.5. The highest BCUT2D eigenvalue weighted by molar-refractivity contribution is 6.20. The summed E-state index contributed by atoms with van der Waals surface area (Å²) in [6.07, 6.45) is -0.199. The standard InChI is InChI=1S/C18H15N3O5/c22-15(10-11-19-18(25)20-12-6-2-1-3-7-12)26-21-16(23)13-8-4-5-9-14(13)17(21)24/h1-9H,10-11H2,(H2,19,20,25). The van der Waals surface area contributed by atoms with Crippen molar-refractivity contribution in [3.05, 3.63) is 65.7 Å². The first-order chi connectivity index (χ1) is 12.6. The zero-order chi connectivity index (χ0) is 18.5. The zero-order valence-electron chi connectivity index (χ0n) is 13.6. The largest absolute Gasteiger partial charge is 0.337 e.